The maximum absolute atomic E-state index is 12.2. The molecule has 0 spiro atoms. The fourth-order valence-electron chi connectivity index (χ4n) is 2.95. The van der Waals surface area contributed by atoms with Crippen LogP contribution in [0.2, 0.25) is 0 Å². The summed E-state index contributed by atoms with van der Waals surface area (Å²) in [5.41, 5.74) is 2.07. The summed E-state index contributed by atoms with van der Waals surface area (Å²) in [4.78, 5) is 16.5. The molecular weight excluding hydrogens is 348 g/mol. The summed E-state index contributed by atoms with van der Waals surface area (Å²) in [6, 6.07) is 14.0. The molecule has 25 heavy (non-hydrogen) atoms. The number of rotatable bonds is 7. The second kappa shape index (κ2) is 9.88. The summed E-state index contributed by atoms with van der Waals surface area (Å²) < 4.78 is 0. The molecule has 0 radical (unpaired) electrons. The predicted octanol–water partition coefficient (Wildman–Crippen LogP) is 5.38. The molecule has 1 aliphatic carbocycles. The molecule has 0 atom stereocenters. The first-order chi connectivity index (χ1) is 12.3. The van der Waals surface area contributed by atoms with Gasteiger partial charge >= 0.3 is 0 Å². The highest BCUT2D eigenvalue weighted by Crippen LogP contribution is 2.28. The van der Waals surface area contributed by atoms with Gasteiger partial charge in [0.15, 0.2) is 0 Å². The van der Waals surface area contributed by atoms with Crippen LogP contribution in [0.4, 0.5) is 5.69 Å². The van der Waals surface area contributed by atoms with Crippen LogP contribution in [-0.2, 0) is 10.5 Å². The third kappa shape index (κ3) is 6.40. The minimum Gasteiger partial charge on any atom is -0.325 e. The Kier molecular flexibility index (Phi) is 7.24. The molecule has 1 aliphatic rings. The lowest BCUT2D eigenvalue weighted by Crippen LogP contribution is -2.17. The number of hydrogen-bond acceptors (Lipinski definition) is 4. The second-order valence-corrected chi connectivity index (χ2v) is 8.56. The maximum atomic E-state index is 12.2. The van der Waals surface area contributed by atoms with Crippen LogP contribution in [0, 0.1) is 0 Å². The van der Waals surface area contributed by atoms with Crippen molar-refractivity contribution in [2.24, 2.45) is 0 Å². The van der Waals surface area contributed by atoms with Crippen LogP contribution in [0.15, 0.2) is 53.7 Å². The zero-order valence-electron chi connectivity index (χ0n) is 14.3. The molecule has 2 aromatic rings. The Morgan fingerprint density at radius 2 is 2.00 bits per heavy atom. The van der Waals surface area contributed by atoms with Gasteiger partial charge in [-0.1, -0.05) is 37.5 Å². The van der Waals surface area contributed by atoms with Gasteiger partial charge in [0.25, 0.3) is 0 Å². The quantitative estimate of drug-likeness (QED) is 0.663. The van der Waals surface area contributed by atoms with E-state index < -0.39 is 0 Å². The molecule has 1 N–H and O–H groups in total. The number of nitrogens with zero attached hydrogens (tertiary/aromatic N) is 1. The fourth-order valence-corrected chi connectivity index (χ4v) is 4.88. The molecule has 0 saturated heterocycles. The summed E-state index contributed by atoms with van der Waals surface area (Å²) in [6.45, 7) is 0. The van der Waals surface area contributed by atoms with Crippen molar-refractivity contribution in [1.82, 2.24) is 4.98 Å². The van der Waals surface area contributed by atoms with Gasteiger partial charge < -0.3 is 5.32 Å². The summed E-state index contributed by atoms with van der Waals surface area (Å²) in [5, 5.41) is 4.72. The molecule has 1 heterocycles. The molecule has 1 amide bonds. The lowest BCUT2D eigenvalue weighted by Gasteiger charge is -2.20. The van der Waals surface area contributed by atoms with Gasteiger partial charge in [-0.25, -0.2) is 4.98 Å². The van der Waals surface area contributed by atoms with E-state index in [1.807, 2.05) is 48.3 Å². The van der Waals surface area contributed by atoms with E-state index >= 15 is 0 Å². The van der Waals surface area contributed by atoms with E-state index in [9.17, 15) is 4.79 Å². The molecule has 1 saturated carbocycles. The maximum Gasteiger partial charge on any atom is 0.234 e. The smallest absolute Gasteiger partial charge is 0.234 e. The molecule has 0 unspecified atom stereocenters. The Morgan fingerprint density at radius 1 is 1.12 bits per heavy atom. The number of carbonyl (C=O) groups is 1. The molecular formula is C20H24N2OS2. The highest BCUT2D eigenvalue weighted by molar-refractivity contribution is 8.00. The first-order valence-corrected chi connectivity index (χ1v) is 10.9. The third-order valence-corrected chi connectivity index (χ3v) is 6.62. The van der Waals surface area contributed by atoms with E-state index in [2.05, 4.69) is 22.4 Å². The lowest BCUT2D eigenvalue weighted by molar-refractivity contribution is -0.113. The molecule has 5 heteroatoms. The molecule has 0 aliphatic heterocycles. The number of aromatic nitrogens is 1. The highest BCUT2D eigenvalue weighted by atomic mass is 32.2. The molecule has 3 nitrogen and oxygen atoms in total. The van der Waals surface area contributed by atoms with E-state index in [4.69, 9.17) is 0 Å². The normalized spacial score (nSPS) is 15.0. The highest BCUT2D eigenvalue weighted by Gasteiger charge is 2.15. The first kappa shape index (κ1) is 18.3. The largest absolute Gasteiger partial charge is 0.325 e. The monoisotopic (exact) mass is 372 g/mol. The summed E-state index contributed by atoms with van der Waals surface area (Å²) in [5.74, 6) is 1.50. The standard InChI is InChI=1S/C20H24N2OS2/c23-19(15-24-18-9-2-1-3-10-18)22-17-8-6-7-16(13-17)14-25-20-11-4-5-12-21-20/h4-8,11-13,18H,1-3,9-10,14-15H2,(H,22,23). The van der Waals surface area contributed by atoms with Crippen LogP contribution in [0.3, 0.4) is 0 Å². The number of pyridine rings is 1. The van der Waals surface area contributed by atoms with E-state index in [-0.39, 0.29) is 5.91 Å². The minimum atomic E-state index is 0.102. The minimum absolute atomic E-state index is 0.102. The summed E-state index contributed by atoms with van der Waals surface area (Å²) >= 11 is 3.51. The number of benzene rings is 1. The molecule has 1 fully saturated rings. The Labute approximate surface area is 158 Å². The number of carbonyl (C=O) groups excluding carboxylic acids is 1. The van der Waals surface area contributed by atoms with Crippen LogP contribution < -0.4 is 5.32 Å². The van der Waals surface area contributed by atoms with Crippen molar-refractivity contribution in [1.29, 1.82) is 0 Å². The average Bonchev–Trinajstić information content (AvgIpc) is 2.67. The lowest BCUT2D eigenvalue weighted by atomic mass is 10.0. The van der Waals surface area contributed by atoms with Crippen LogP contribution in [0.25, 0.3) is 0 Å². The third-order valence-electron chi connectivity index (χ3n) is 4.24. The summed E-state index contributed by atoms with van der Waals surface area (Å²) in [6.07, 6.45) is 8.32. The van der Waals surface area contributed by atoms with Gasteiger partial charge in [-0.15, -0.1) is 23.5 Å². The van der Waals surface area contributed by atoms with Gasteiger partial charge in [-0.3, -0.25) is 4.79 Å². The van der Waals surface area contributed by atoms with Crippen molar-refractivity contribution >= 4 is 35.1 Å². The Morgan fingerprint density at radius 3 is 2.80 bits per heavy atom. The van der Waals surface area contributed by atoms with Gasteiger partial charge in [-0.05, 0) is 42.7 Å². The Bertz CT molecular complexity index is 672. The second-order valence-electron chi connectivity index (χ2n) is 6.28. The summed E-state index contributed by atoms with van der Waals surface area (Å²) in [7, 11) is 0. The average molecular weight is 373 g/mol. The fraction of sp³-hybridized carbons (Fsp3) is 0.400. The van der Waals surface area contributed by atoms with Gasteiger partial charge in [-0.2, -0.15) is 0 Å². The number of amides is 1. The van der Waals surface area contributed by atoms with E-state index in [1.54, 1.807) is 11.8 Å². The van der Waals surface area contributed by atoms with Crippen molar-refractivity contribution in [3.8, 4) is 0 Å². The molecule has 1 aromatic heterocycles. The Balaban J connectivity index is 1.46. The van der Waals surface area contributed by atoms with Crippen LogP contribution >= 0.6 is 23.5 Å². The SMILES string of the molecule is O=C(CSC1CCCCC1)Nc1cccc(CSc2ccccn2)c1. The number of hydrogen-bond donors (Lipinski definition) is 1. The molecule has 3 rings (SSSR count). The van der Waals surface area contributed by atoms with Crippen LogP contribution in [0.1, 0.15) is 37.7 Å². The topological polar surface area (TPSA) is 42.0 Å². The number of nitrogens with one attached hydrogen (secondary N) is 1. The van der Waals surface area contributed by atoms with Crippen molar-refractivity contribution in [2.45, 2.75) is 48.1 Å². The predicted molar refractivity (Wildman–Crippen MR) is 108 cm³/mol. The van der Waals surface area contributed by atoms with Gasteiger partial charge in [0.05, 0.1) is 10.8 Å². The van der Waals surface area contributed by atoms with Crippen molar-refractivity contribution in [3.63, 3.8) is 0 Å². The molecule has 132 valence electrons. The molecule has 0 bridgehead atoms. The van der Waals surface area contributed by atoms with Crippen molar-refractivity contribution in [3.05, 3.63) is 54.2 Å². The van der Waals surface area contributed by atoms with Crippen LogP contribution in [-0.4, -0.2) is 21.9 Å². The zero-order chi connectivity index (χ0) is 17.3. The number of thioether (sulfide) groups is 2. The van der Waals surface area contributed by atoms with Gasteiger partial charge in [0.2, 0.25) is 5.91 Å². The number of anilines is 1. The molecule has 1 aromatic carbocycles. The van der Waals surface area contributed by atoms with Crippen molar-refractivity contribution in [2.75, 3.05) is 11.1 Å². The van der Waals surface area contributed by atoms with E-state index in [0.717, 1.165) is 16.5 Å². The van der Waals surface area contributed by atoms with E-state index in [1.165, 1.54) is 37.7 Å². The van der Waals surface area contributed by atoms with E-state index in [0.29, 0.717) is 11.0 Å². The van der Waals surface area contributed by atoms with Crippen LogP contribution in [0.5, 0.6) is 0 Å². The first-order valence-electron chi connectivity index (χ1n) is 8.84. The van der Waals surface area contributed by atoms with Gasteiger partial charge in [0.1, 0.15) is 0 Å². The van der Waals surface area contributed by atoms with Crippen molar-refractivity contribution < 1.29 is 4.79 Å². The zero-order valence-corrected chi connectivity index (χ0v) is 16.0. The van der Waals surface area contributed by atoms with Gasteiger partial charge in [0, 0.05) is 22.9 Å². The Hall–Kier alpha value is -1.46.